The molecule has 0 saturated carbocycles. The molecular weight excluding hydrogens is 289 g/mol. The Morgan fingerprint density at radius 2 is 1.84 bits per heavy atom. The van der Waals surface area contributed by atoms with Gasteiger partial charge in [0.15, 0.2) is 0 Å². The molecule has 2 rings (SSSR count). The Kier molecular flexibility index (Phi) is 3.78. The van der Waals surface area contributed by atoms with Crippen LogP contribution in [-0.2, 0) is 10.0 Å². The zero-order valence-electron chi connectivity index (χ0n) is 10.0. The number of benzene rings is 2. The lowest BCUT2D eigenvalue weighted by Crippen LogP contribution is -2.14. The number of hydrogen-bond acceptors (Lipinski definition) is 2. The van der Waals surface area contributed by atoms with Crippen LogP contribution in [0.5, 0.6) is 0 Å². The summed E-state index contributed by atoms with van der Waals surface area (Å²) in [5.41, 5.74) is 0.817. The van der Waals surface area contributed by atoms with Gasteiger partial charge in [-0.1, -0.05) is 23.7 Å². The predicted molar refractivity (Wildman–Crippen MR) is 73.4 cm³/mol. The van der Waals surface area contributed by atoms with Crippen molar-refractivity contribution in [1.29, 1.82) is 0 Å². The third kappa shape index (κ3) is 3.05. The first-order valence-corrected chi connectivity index (χ1v) is 7.30. The van der Waals surface area contributed by atoms with E-state index in [0.717, 1.165) is 0 Å². The van der Waals surface area contributed by atoms with Gasteiger partial charge in [-0.25, -0.2) is 12.8 Å². The summed E-state index contributed by atoms with van der Waals surface area (Å²) < 4.78 is 39.7. The normalized spacial score (nSPS) is 11.3. The number of hydrogen-bond donors (Lipinski definition) is 1. The Balaban J connectivity index is 2.40. The SMILES string of the molecule is Cc1cc(F)ccc1NS(=O)(=O)c1ccccc1Cl. The maximum atomic E-state index is 13.0. The molecule has 2 aromatic carbocycles. The second kappa shape index (κ2) is 5.19. The summed E-state index contributed by atoms with van der Waals surface area (Å²) in [5.74, 6) is -0.418. The highest BCUT2D eigenvalue weighted by molar-refractivity contribution is 7.92. The van der Waals surface area contributed by atoms with E-state index in [-0.39, 0.29) is 9.92 Å². The zero-order chi connectivity index (χ0) is 14.0. The topological polar surface area (TPSA) is 46.2 Å². The Bertz CT molecular complexity index is 716. The van der Waals surface area contributed by atoms with Crippen molar-refractivity contribution in [2.45, 2.75) is 11.8 Å². The molecule has 0 atom stereocenters. The minimum absolute atomic E-state index is 0.0135. The molecular formula is C13H11ClFNO2S. The highest BCUT2D eigenvalue weighted by Crippen LogP contribution is 2.25. The van der Waals surface area contributed by atoms with Crippen molar-refractivity contribution in [1.82, 2.24) is 0 Å². The third-order valence-corrected chi connectivity index (χ3v) is 4.42. The van der Waals surface area contributed by atoms with Crippen LogP contribution in [0, 0.1) is 12.7 Å². The average molecular weight is 300 g/mol. The highest BCUT2D eigenvalue weighted by Gasteiger charge is 2.18. The second-order valence-corrected chi connectivity index (χ2v) is 6.05. The molecule has 0 aromatic heterocycles. The second-order valence-electron chi connectivity index (χ2n) is 4.00. The van der Waals surface area contributed by atoms with Crippen LogP contribution in [-0.4, -0.2) is 8.42 Å². The summed E-state index contributed by atoms with van der Waals surface area (Å²) in [6.45, 7) is 1.62. The monoisotopic (exact) mass is 299 g/mol. The Labute approximate surface area is 116 Å². The number of sulfonamides is 1. The molecule has 0 fully saturated rings. The van der Waals surface area contributed by atoms with E-state index in [4.69, 9.17) is 11.6 Å². The van der Waals surface area contributed by atoms with Crippen LogP contribution in [0.3, 0.4) is 0 Å². The summed E-state index contributed by atoms with van der Waals surface area (Å²) in [6.07, 6.45) is 0. The summed E-state index contributed by atoms with van der Waals surface area (Å²) in [7, 11) is -3.78. The van der Waals surface area contributed by atoms with Gasteiger partial charge in [0, 0.05) is 0 Å². The molecule has 0 aliphatic rings. The van der Waals surface area contributed by atoms with Crippen molar-refractivity contribution in [3.8, 4) is 0 Å². The first-order valence-electron chi connectivity index (χ1n) is 5.43. The van der Waals surface area contributed by atoms with Gasteiger partial charge in [-0.15, -0.1) is 0 Å². The summed E-state index contributed by atoms with van der Waals surface area (Å²) in [6, 6.07) is 9.95. The lowest BCUT2D eigenvalue weighted by molar-refractivity contribution is 0.601. The number of halogens is 2. The molecule has 0 heterocycles. The molecule has 3 nitrogen and oxygen atoms in total. The van der Waals surface area contributed by atoms with Gasteiger partial charge in [0.25, 0.3) is 10.0 Å². The van der Waals surface area contributed by atoms with E-state index < -0.39 is 15.8 Å². The zero-order valence-corrected chi connectivity index (χ0v) is 11.6. The molecule has 0 radical (unpaired) electrons. The van der Waals surface area contributed by atoms with Crippen LogP contribution >= 0.6 is 11.6 Å². The highest BCUT2D eigenvalue weighted by atomic mass is 35.5. The van der Waals surface area contributed by atoms with Gasteiger partial charge in [0.05, 0.1) is 10.7 Å². The average Bonchev–Trinajstić information content (AvgIpc) is 2.33. The number of nitrogens with one attached hydrogen (secondary N) is 1. The van der Waals surface area contributed by atoms with Gasteiger partial charge >= 0.3 is 0 Å². The fraction of sp³-hybridized carbons (Fsp3) is 0.0769. The minimum Gasteiger partial charge on any atom is -0.279 e. The van der Waals surface area contributed by atoms with Crippen molar-refractivity contribution in [2.75, 3.05) is 4.72 Å². The van der Waals surface area contributed by atoms with E-state index >= 15 is 0 Å². The quantitative estimate of drug-likeness (QED) is 0.941. The van der Waals surface area contributed by atoms with Crippen LogP contribution in [0.15, 0.2) is 47.4 Å². The van der Waals surface area contributed by atoms with Crippen LogP contribution < -0.4 is 4.72 Å². The fourth-order valence-corrected chi connectivity index (χ4v) is 3.26. The van der Waals surface area contributed by atoms with Gasteiger partial charge in [0.2, 0.25) is 0 Å². The summed E-state index contributed by atoms with van der Waals surface area (Å²) in [4.78, 5) is -0.0135. The first-order chi connectivity index (χ1) is 8.90. The van der Waals surface area contributed by atoms with Crippen molar-refractivity contribution in [2.24, 2.45) is 0 Å². The predicted octanol–water partition coefficient (Wildman–Crippen LogP) is 3.59. The third-order valence-electron chi connectivity index (χ3n) is 2.56. The van der Waals surface area contributed by atoms with E-state index in [0.29, 0.717) is 11.3 Å². The maximum Gasteiger partial charge on any atom is 0.263 e. The molecule has 0 amide bonds. The van der Waals surface area contributed by atoms with E-state index in [2.05, 4.69) is 4.72 Å². The molecule has 6 heteroatoms. The van der Waals surface area contributed by atoms with Crippen LogP contribution in [0.4, 0.5) is 10.1 Å². The van der Waals surface area contributed by atoms with Crippen molar-refractivity contribution in [3.05, 3.63) is 58.9 Å². The first kappa shape index (κ1) is 13.8. The fourth-order valence-electron chi connectivity index (χ4n) is 1.60. The number of anilines is 1. The van der Waals surface area contributed by atoms with E-state index in [9.17, 15) is 12.8 Å². The van der Waals surface area contributed by atoms with Crippen LogP contribution in [0.25, 0.3) is 0 Å². The van der Waals surface area contributed by atoms with E-state index in [1.165, 1.54) is 30.3 Å². The molecule has 19 heavy (non-hydrogen) atoms. The van der Waals surface area contributed by atoms with Gasteiger partial charge in [-0.05, 0) is 42.8 Å². The summed E-state index contributed by atoms with van der Waals surface area (Å²) >= 11 is 5.86. The Morgan fingerprint density at radius 3 is 2.47 bits per heavy atom. The molecule has 100 valence electrons. The number of rotatable bonds is 3. The molecule has 0 aliphatic heterocycles. The van der Waals surface area contributed by atoms with Gasteiger partial charge in [-0.2, -0.15) is 0 Å². The lowest BCUT2D eigenvalue weighted by atomic mass is 10.2. The summed E-state index contributed by atoms with van der Waals surface area (Å²) in [5, 5.41) is 0.134. The van der Waals surface area contributed by atoms with E-state index in [1.54, 1.807) is 19.1 Å². The maximum absolute atomic E-state index is 13.0. The molecule has 0 unspecified atom stereocenters. The molecule has 1 N–H and O–H groups in total. The molecule has 0 spiro atoms. The molecule has 2 aromatic rings. The van der Waals surface area contributed by atoms with Crippen molar-refractivity contribution < 1.29 is 12.8 Å². The van der Waals surface area contributed by atoms with Gasteiger partial charge in [-0.3, -0.25) is 4.72 Å². The van der Waals surface area contributed by atoms with E-state index in [1.807, 2.05) is 0 Å². The lowest BCUT2D eigenvalue weighted by Gasteiger charge is -2.11. The smallest absolute Gasteiger partial charge is 0.263 e. The van der Waals surface area contributed by atoms with Crippen LogP contribution in [0.1, 0.15) is 5.56 Å². The standard InChI is InChI=1S/C13H11ClFNO2S/c1-9-8-10(15)6-7-12(9)16-19(17,18)13-5-3-2-4-11(13)14/h2-8,16H,1H3. The van der Waals surface area contributed by atoms with Crippen molar-refractivity contribution >= 4 is 27.3 Å². The Hall–Kier alpha value is -1.59. The molecule has 0 saturated heterocycles. The van der Waals surface area contributed by atoms with Crippen molar-refractivity contribution in [3.63, 3.8) is 0 Å². The molecule has 0 bridgehead atoms. The number of aryl methyl sites for hydroxylation is 1. The van der Waals surface area contributed by atoms with Gasteiger partial charge < -0.3 is 0 Å². The largest absolute Gasteiger partial charge is 0.279 e. The Morgan fingerprint density at radius 1 is 1.16 bits per heavy atom. The van der Waals surface area contributed by atoms with Gasteiger partial charge in [0.1, 0.15) is 10.7 Å². The van der Waals surface area contributed by atoms with Crippen LogP contribution in [0.2, 0.25) is 5.02 Å². The minimum atomic E-state index is -3.78. The molecule has 0 aliphatic carbocycles.